The fraction of sp³-hybridized carbons (Fsp3) is 0.467. The number of hydrogen-bond donors (Lipinski definition) is 2. The number of thioether (sulfide) groups is 1. The average Bonchev–Trinajstić information content (AvgIpc) is 3.24. The van der Waals surface area contributed by atoms with Crippen molar-refractivity contribution in [3.05, 3.63) is 18.4 Å². The topological polar surface area (TPSA) is 111 Å². The Kier molecular flexibility index (Phi) is 7.02. The quantitative estimate of drug-likeness (QED) is 0.530. The molecule has 0 unspecified atom stereocenters. The Labute approximate surface area is 149 Å². The fourth-order valence-electron chi connectivity index (χ4n) is 1.81. The highest BCUT2D eigenvalue weighted by atomic mass is 32.2. The number of furan rings is 1. The monoisotopic (exact) mass is 367 g/mol. The van der Waals surface area contributed by atoms with Crippen LogP contribution in [-0.2, 0) is 20.9 Å². The van der Waals surface area contributed by atoms with E-state index in [0.717, 1.165) is 0 Å². The zero-order chi connectivity index (χ0) is 18.2. The Balaban J connectivity index is 1.99. The highest BCUT2D eigenvalue weighted by Gasteiger charge is 2.17. The summed E-state index contributed by atoms with van der Waals surface area (Å²) in [6, 6.07) is 3.55. The van der Waals surface area contributed by atoms with Gasteiger partial charge in [-0.3, -0.25) is 25.0 Å². The molecule has 0 aromatic carbocycles. The third kappa shape index (κ3) is 5.33. The lowest BCUT2D eigenvalue weighted by Gasteiger charge is -2.10. The van der Waals surface area contributed by atoms with E-state index in [1.165, 1.54) is 11.8 Å². The van der Waals surface area contributed by atoms with Crippen molar-refractivity contribution < 1.29 is 18.7 Å². The number of ether oxygens (including phenoxy) is 1. The second kappa shape index (κ2) is 9.23. The summed E-state index contributed by atoms with van der Waals surface area (Å²) in [5.74, 6) is 0.450. The van der Waals surface area contributed by atoms with Crippen LogP contribution in [0.1, 0.15) is 13.8 Å². The molecule has 0 radical (unpaired) electrons. The van der Waals surface area contributed by atoms with E-state index in [4.69, 9.17) is 9.15 Å². The number of aromatic nitrogens is 3. The maximum absolute atomic E-state index is 11.9. The smallest absolute Gasteiger partial charge is 0.248 e. The Morgan fingerprint density at radius 2 is 2.16 bits per heavy atom. The van der Waals surface area contributed by atoms with Gasteiger partial charge >= 0.3 is 0 Å². The first-order valence-electron chi connectivity index (χ1n) is 7.70. The lowest BCUT2D eigenvalue weighted by Crippen LogP contribution is -2.44. The van der Waals surface area contributed by atoms with Crippen LogP contribution < -0.4 is 10.9 Å². The molecule has 2 rings (SSSR count). The van der Waals surface area contributed by atoms with Crippen molar-refractivity contribution in [1.29, 1.82) is 0 Å². The number of nitrogens with one attached hydrogen (secondary N) is 2. The van der Waals surface area contributed by atoms with Crippen LogP contribution in [0.4, 0.5) is 0 Å². The van der Waals surface area contributed by atoms with E-state index in [1.54, 1.807) is 39.4 Å². The lowest BCUT2D eigenvalue weighted by atomic mass is 10.2. The predicted octanol–water partition coefficient (Wildman–Crippen LogP) is 1.08. The van der Waals surface area contributed by atoms with Gasteiger partial charge in [0.15, 0.2) is 10.9 Å². The average molecular weight is 367 g/mol. The molecule has 0 bridgehead atoms. The maximum atomic E-state index is 11.9. The number of hydrogen-bond acceptors (Lipinski definition) is 7. The van der Waals surface area contributed by atoms with Crippen LogP contribution in [0.5, 0.6) is 0 Å². The lowest BCUT2D eigenvalue weighted by molar-refractivity contribution is -0.129. The SMILES string of the molecule is COCCn1c(SCC(=O)NNC(=O)C(C)C)nnc1-c1ccco1. The van der Waals surface area contributed by atoms with Gasteiger partial charge in [-0.1, -0.05) is 25.6 Å². The molecule has 2 amide bonds. The van der Waals surface area contributed by atoms with Crippen LogP contribution in [0.2, 0.25) is 0 Å². The molecule has 0 aliphatic rings. The molecule has 0 saturated heterocycles. The number of carbonyl (C=O) groups excluding carboxylic acids is 2. The van der Waals surface area contributed by atoms with Crippen LogP contribution in [0, 0.1) is 5.92 Å². The van der Waals surface area contributed by atoms with Gasteiger partial charge in [-0.15, -0.1) is 10.2 Å². The van der Waals surface area contributed by atoms with Gasteiger partial charge in [0.25, 0.3) is 0 Å². The molecule has 0 aliphatic heterocycles. The molecular weight excluding hydrogens is 346 g/mol. The van der Waals surface area contributed by atoms with Crippen LogP contribution in [-0.4, -0.2) is 46.0 Å². The van der Waals surface area contributed by atoms with Gasteiger partial charge in [-0.2, -0.15) is 0 Å². The zero-order valence-electron chi connectivity index (χ0n) is 14.3. The number of amides is 2. The largest absolute Gasteiger partial charge is 0.461 e. The molecule has 136 valence electrons. The molecule has 25 heavy (non-hydrogen) atoms. The van der Waals surface area contributed by atoms with E-state index >= 15 is 0 Å². The van der Waals surface area contributed by atoms with Crippen molar-refractivity contribution in [2.24, 2.45) is 5.92 Å². The van der Waals surface area contributed by atoms with Gasteiger partial charge in [0, 0.05) is 13.0 Å². The number of carbonyl (C=O) groups is 2. The Bertz CT molecular complexity index is 699. The highest BCUT2D eigenvalue weighted by Crippen LogP contribution is 2.24. The maximum Gasteiger partial charge on any atom is 0.248 e. The van der Waals surface area contributed by atoms with Gasteiger partial charge in [0.2, 0.25) is 17.6 Å². The minimum absolute atomic E-state index is 0.0850. The van der Waals surface area contributed by atoms with E-state index in [1.807, 2.05) is 4.57 Å². The normalized spacial score (nSPS) is 10.9. The molecule has 2 aromatic rings. The summed E-state index contributed by atoms with van der Waals surface area (Å²) >= 11 is 1.21. The Morgan fingerprint density at radius 3 is 2.80 bits per heavy atom. The zero-order valence-corrected chi connectivity index (χ0v) is 15.1. The molecule has 9 nitrogen and oxygen atoms in total. The molecule has 0 fully saturated rings. The Morgan fingerprint density at radius 1 is 1.36 bits per heavy atom. The summed E-state index contributed by atoms with van der Waals surface area (Å²) in [6.07, 6.45) is 1.56. The summed E-state index contributed by atoms with van der Waals surface area (Å²) in [7, 11) is 1.61. The van der Waals surface area contributed by atoms with Crippen LogP contribution in [0.25, 0.3) is 11.6 Å². The van der Waals surface area contributed by atoms with Crippen LogP contribution in [0.3, 0.4) is 0 Å². The summed E-state index contributed by atoms with van der Waals surface area (Å²) < 4.78 is 12.3. The van der Waals surface area contributed by atoms with Gasteiger partial charge in [-0.05, 0) is 12.1 Å². The van der Waals surface area contributed by atoms with Crippen molar-refractivity contribution in [2.45, 2.75) is 25.5 Å². The first kappa shape index (κ1) is 19.0. The number of hydrazine groups is 1. The first-order chi connectivity index (χ1) is 12.0. The minimum atomic E-state index is -0.333. The van der Waals surface area contributed by atoms with Crippen LogP contribution in [0.15, 0.2) is 28.0 Å². The fourth-order valence-corrected chi connectivity index (χ4v) is 2.57. The molecule has 2 heterocycles. The number of nitrogens with zero attached hydrogens (tertiary/aromatic N) is 3. The molecule has 0 aliphatic carbocycles. The molecule has 0 spiro atoms. The standard InChI is InChI=1S/C15H21N5O4S/c1-10(2)14(22)18-16-12(21)9-25-15-19-17-13(11-5-4-7-24-11)20(15)6-8-23-3/h4-5,7,10H,6,8-9H2,1-3H3,(H,16,21)(H,18,22). The summed E-state index contributed by atoms with van der Waals surface area (Å²) in [6.45, 7) is 4.47. The summed E-state index contributed by atoms with van der Waals surface area (Å²) in [4.78, 5) is 23.3. The molecule has 10 heteroatoms. The van der Waals surface area contributed by atoms with Crippen molar-refractivity contribution in [2.75, 3.05) is 19.5 Å². The third-order valence-corrected chi connectivity index (χ3v) is 4.13. The third-order valence-electron chi connectivity index (χ3n) is 3.16. The van der Waals surface area contributed by atoms with Crippen LogP contribution >= 0.6 is 11.8 Å². The summed E-state index contributed by atoms with van der Waals surface area (Å²) in [5.41, 5.74) is 4.74. The minimum Gasteiger partial charge on any atom is -0.461 e. The second-order valence-electron chi connectivity index (χ2n) is 5.41. The Hall–Kier alpha value is -2.33. The molecule has 0 atom stereocenters. The predicted molar refractivity (Wildman–Crippen MR) is 91.4 cm³/mol. The first-order valence-corrected chi connectivity index (χ1v) is 8.69. The van der Waals surface area contributed by atoms with Gasteiger partial charge in [0.1, 0.15) is 0 Å². The second-order valence-corrected chi connectivity index (χ2v) is 6.35. The van der Waals surface area contributed by atoms with E-state index in [9.17, 15) is 9.59 Å². The number of rotatable bonds is 8. The molecule has 2 aromatic heterocycles. The van der Waals surface area contributed by atoms with E-state index in [2.05, 4.69) is 21.0 Å². The van der Waals surface area contributed by atoms with Gasteiger partial charge in [0.05, 0.1) is 25.2 Å². The van der Waals surface area contributed by atoms with Crippen molar-refractivity contribution in [3.8, 4) is 11.6 Å². The summed E-state index contributed by atoms with van der Waals surface area (Å²) in [5, 5.41) is 8.81. The van der Waals surface area contributed by atoms with E-state index < -0.39 is 0 Å². The van der Waals surface area contributed by atoms with E-state index in [0.29, 0.717) is 29.9 Å². The number of methoxy groups -OCH3 is 1. The van der Waals surface area contributed by atoms with Crippen molar-refractivity contribution >= 4 is 23.6 Å². The molecule has 0 saturated carbocycles. The van der Waals surface area contributed by atoms with E-state index in [-0.39, 0.29) is 23.5 Å². The van der Waals surface area contributed by atoms with Crippen molar-refractivity contribution in [3.63, 3.8) is 0 Å². The van der Waals surface area contributed by atoms with Crippen molar-refractivity contribution in [1.82, 2.24) is 25.6 Å². The van der Waals surface area contributed by atoms with Gasteiger partial charge < -0.3 is 9.15 Å². The molecular formula is C15H21N5O4S. The highest BCUT2D eigenvalue weighted by molar-refractivity contribution is 7.99. The molecule has 2 N–H and O–H groups in total. The van der Waals surface area contributed by atoms with Gasteiger partial charge in [-0.25, -0.2) is 0 Å².